The topological polar surface area (TPSA) is 12.0 Å². The largest absolute Gasteiger partial charge is 0.310 e. The third-order valence-electron chi connectivity index (χ3n) is 4.98. The highest BCUT2D eigenvalue weighted by molar-refractivity contribution is 5.30. The Morgan fingerprint density at radius 2 is 2.00 bits per heavy atom. The number of hydrogen-bond acceptors (Lipinski definition) is 1. The zero-order chi connectivity index (χ0) is 12.4. The van der Waals surface area contributed by atoms with Crippen LogP contribution in [-0.4, -0.2) is 6.54 Å². The maximum absolute atomic E-state index is 3.70. The number of nitrogens with one attached hydrogen (secondary N) is 1. The zero-order valence-corrected chi connectivity index (χ0v) is 11.5. The number of hydrogen-bond donors (Lipinski definition) is 1. The highest BCUT2D eigenvalue weighted by Crippen LogP contribution is 2.38. The maximum Gasteiger partial charge on any atom is 0.0322 e. The van der Waals surface area contributed by atoms with E-state index in [9.17, 15) is 0 Å². The molecule has 1 N–H and O–H groups in total. The van der Waals surface area contributed by atoms with Crippen molar-refractivity contribution in [1.82, 2.24) is 5.32 Å². The highest BCUT2D eigenvalue weighted by atomic mass is 14.9. The molecule has 1 saturated heterocycles. The van der Waals surface area contributed by atoms with E-state index < -0.39 is 0 Å². The third-order valence-corrected chi connectivity index (χ3v) is 4.98. The molecule has 1 saturated carbocycles. The van der Waals surface area contributed by atoms with Crippen molar-refractivity contribution in [2.45, 2.75) is 57.4 Å². The first-order chi connectivity index (χ1) is 8.86. The van der Waals surface area contributed by atoms with Gasteiger partial charge in [0.15, 0.2) is 0 Å². The molecule has 0 spiro atoms. The van der Waals surface area contributed by atoms with Crippen LogP contribution in [-0.2, 0) is 0 Å². The van der Waals surface area contributed by atoms with Crippen LogP contribution in [0, 0.1) is 5.92 Å². The minimum atomic E-state index is 0.601. The van der Waals surface area contributed by atoms with Crippen LogP contribution in [0.4, 0.5) is 0 Å². The molecule has 98 valence electrons. The molecule has 3 rings (SSSR count). The van der Waals surface area contributed by atoms with Gasteiger partial charge in [0.1, 0.15) is 0 Å². The third kappa shape index (κ3) is 2.47. The molecule has 1 heteroatoms. The number of piperidine rings is 1. The lowest BCUT2D eigenvalue weighted by molar-refractivity contribution is 0.299. The summed E-state index contributed by atoms with van der Waals surface area (Å²) in [5, 5.41) is 3.70. The summed E-state index contributed by atoms with van der Waals surface area (Å²) in [7, 11) is 0. The van der Waals surface area contributed by atoms with Crippen LogP contribution < -0.4 is 5.32 Å². The number of rotatable bonds is 3. The highest BCUT2D eigenvalue weighted by Gasteiger charge is 2.23. The first-order valence-corrected chi connectivity index (χ1v) is 7.70. The molecule has 0 aromatic heterocycles. The first-order valence-electron chi connectivity index (χ1n) is 7.70. The molecule has 0 amide bonds. The Morgan fingerprint density at radius 3 is 2.72 bits per heavy atom. The normalized spacial score (nSPS) is 28.9. The summed E-state index contributed by atoms with van der Waals surface area (Å²) in [5.74, 6) is 1.78. The van der Waals surface area contributed by atoms with Crippen molar-refractivity contribution in [3.8, 4) is 0 Å². The van der Waals surface area contributed by atoms with E-state index in [1.807, 2.05) is 0 Å². The quantitative estimate of drug-likeness (QED) is 0.829. The Morgan fingerprint density at radius 1 is 1.17 bits per heavy atom. The van der Waals surface area contributed by atoms with Crippen molar-refractivity contribution >= 4 is 0 Å². The van der Waals surface area contributed by atoms with E-state index in [1.54, 1.807) is 5.56 Å². The van der Waals surface area contributed by atoms with E-state index in [2.05, 4.69) is 36.5 Å². The van der Waals surface area contributed by atoms with Gasteiger partial charge in [0.2, 0.25) is 0 Å². The van der Waals surface area contributed by atoms with Gasteiger partial charge in [0.05, 0.1) is 0 Å². The van der Waals surface area contributed by atoms with Gasteiger partial charge in [-0.2, -0.15) is 0 Å². The molecular formula is C17H25N. The fourth-order valence-corrected chi connectivity index (χ4v) is 3.39. The van der Waals surface area contributed by atoms with Gasteiger partial charge >= 0.3 is 0 Å². The molecule has 1 nitrogen and oxygen atoms in total. The molecule has 2 fully saturated rings. The Bertz CT molecular complexity index is 394. The molecule has 1 heterocycles. The molecule has 1 aromatic carbocycles. The van der Waals surface area contributed by atoms with Crippen molar-refractivity contribution in [3.05, 3.63) is 35.4 Å². The molecule has 18 heavy (non-hydrogen) atoms. The molecule has 1 aliphatic carbocycles. The molecule has 1 aromatic rings. The van der Waals surface area contributed by atoms with Gasteiger partial charge in [-0.15, -0.1) is 0 Å². The molecule has 2 unspecified atom stereocenters. The van der Waals surface area contributed by atoms with Crippen molar-refractivity contribution in [1.29, 1.82) is 0 Å². The van der Waals surface area contributed by atoms with Crippen LogP contribution in [0.25, 0.3) is 0 Å². The molecule has 1 aliphatic heterocycles. The summed E-state index contributed by atoms with van der Waals surface area (Å²) in [6.45, 7) is 3.52. The lowest BCUT2D eigenvalue weighted by atomic mass is 9.78. The van der Waals surface area contributed by atoms with Gasteiger partial charge in [-0.25, -0.2) is 0 Å². The van der Waals surface area contributed by atoms with Crippen LogP contribution >= 0.6 is 0 Å². The first kappa shape index (κ1) is 12.2. The Balaban J connectivity index is 1.74. The summed E-state index contributed by atoms with van der Waals surface area (Å²) in [6.07, 6.45) is 8.24. The molecular weight excluding hydrogens is 218 g/mol. The fourth-order valence-electron chi connectivity index (χ4n) is 3.39. The summed E-state index contributed by atoms with van der Waals surface area (Å²) in [5.41, 5.74) is 3.11. The standard InChI is InChI=1S/C17H25N/c1-2-13-9-10-18-17(11-13)16-8-4-7-15(12-16)14-5-3-6-14/h4,7-8,12-14,17-18H,2-3,5-6,9-11H2,1H3. The van der Waals surface area contributed by atoms with E-state index in [-0.39, 0.29) is 0 Å². The van der Waals surface area contributed by atoms with Crippen molar-refractivity contribution in [2.24, 2.45) is 5.92 Å². The second-order valence-electron chi connectivity index (χ2n) is 6.10. The van der Waals surface area contributed by atoms with Gasteiger partial charge in [0, 0.05) is 6.04 Å². The van der Waals surface area contributed by atoms with Gasteiger partial charge in [-0.3, -0.25) is 0 Å². The van der Waals surface area contributed by atoms with Crippen LogP contribution in [0.3, 0.4) is 0 Å². The predicted octanol–water partition coefficient (Wildman–Crippen LogP) is 4.40. The monoisotopic (exact) mass is 243 g/mol. The molecule has 2 aliphatic rings. The van der Waals surface area contributed by atoms with Gasteiger partial charge < -0.3 is 5.32 Å². The van der Waals surface area contributed by atoms with E-state index >= 15 is 0 Å². The van der Waals surface area contributed by atoms with E-state index in [0.717, 1.165) is 11.8 Å². The average molecular weight is 243 g/mol. The minimum absolute atomic E-state index is 0.601. The Kier molecular flexibility index (Phi) is 3.69. The second kappa shape index (κ2) is 5.44. The summed E-state index contributed by atoms with van der Waals surface area (Å²) in [6, 6.07) is 9.98. The summed E-state index contributed by atoms with van der Waals surface area (Å²) >= 11 is 0. The lowest BCUT2D eigenvalue weighted by Gasteiger charge is -2.31. The van der Waals surface area contributed by atoms with Crippen LogP contribution in [0.5, 0.6) is 0 Å². The Labute approximate surface area is 111 Å². The summed E-state index contributed by atoms with van der Waals surface area (Å²) in [4.78, 5) is 0. The second-order valence-corrected chi connectivity index (χ2v) is 6.10. The van der Waals surface area contributed by atoms with Gasteiger partial charge in [0.25, 0.3) is 0 Å². The SMILES string of the molecule is CCC1CCNC(c2cccc(C3CCC3)c2)C1. The fraction of sp³-hybridized carbons (Fsp3) is 0.647. The zero-order valence-electron chi connectivity index (χ0n) is 11.5. The van der Waals surface area contributed by atoms with Gasteiger partial charge in [-0.05, 0) is 55.2 Å². The van der Waals surface area contributed by atoms with Crippen molar-refractivity contribution < 1.29 is 0 Å². The van der Waals surface area contributed by atoms with Crippen LogP contribution in [0.2, 0.25) is 0 Å². The van der Waals surface area contributed by atoms with Crippen molar-refractivity contribution in [2.75, 3.05) is 6.54 Å². The minimum Gasteiger partial charge on any atom is -0.310 e. The summed E-state index contributed by atoms with van der Waals surface area (Å²) < 4.78 is 0. The van der Waals surface area contributed by atoms with Crippen LogP contribution in [0.15, 0.2) is 24.3 Å². The smallest absolute Gasteiger partial charge is 0.0322 e. The molecule has 0 bridgehead atoms. The van der Waals surface area contributed by atoms with Crippen molar-refractivity contribution in [3.63, 3.8) is 0 Å². The van der Waals surface area contributed by atoms with E-state index in [4.69, 9.17) is 0 Å². The molecule has 2 atom stereocenters. The predicted molar refractivity (Wildman–Crippen MR) is 76.8 cm³/mol. The average Bonchev–Trinajstić information content (AvgIpc) is 2.37. The Hall–Kier alpha value is -0.820. The maximum atomic E-state index is 3.70. The van der Waals surface area contributed by atoms with E-state index in [1.165, 1.54) is 50.6 Å². The van der Waals surface area contributed by atoms with Gasteiger partial charge in [-0.1, -0.05) is 44.0 Å². The van der Waals surface area contributed by atoms with E-state index in [0.29, 0.717) is 6.04 Å². The molecule has 0 radical (unpaired) electrons. The van der Waals surface area contributed by atoms with Crippen LogP contribution in [0.1, 0.15) is 68.5 Å². The number of benzene rings is 1. The lowest BCUT2D eigenvalue weighted by Crippen LogP contribution is -2.31.